The Morgan fingerprint density at radius 1 is 1.33 bits per heavy atom. The molecule has 14 nitrogen and oxygen atoms in total. The minimum absolute atomic E-state index is 0.0918. The Morgan fingerprint density at radius 3 is 2.59 bits per heavy atom. The zero-order valence-corrected chi connectivity index (χ0v) is 23.5. The van der Waals surface area contributed by atoms with E-state index in [0.717, 1.165) is 16.2 Å². The van der Waals surface area contributed by atoms with Gasteiger partial charge in [-0.05, 0) is 27.7 Å². The molecule has 1 fully saturated rings. The summed E-state index contributed by atoms with van der Waals surface area (Å²) in [6, 6.07) is -1.06. The number of oxime groups is 1. The van der Waals surface area contributed by atoms with E-state index in [0.29, 0.717) is 0 Å². The van der Waals surface area contributed by atoms with E-state index in [9.17, 15) is 29.1 Å². The fraction of sp³-hybridized carbons (Fsp3) is 0.522. The molecule has 212 valence electrons. The number of nitrogens with one attached hydrogen (secondary N) is 1. The maximum atomic E-state index is 13.2. The van der Waals surface area contributed by atoms with Crippen molar-refractivity contribution in [1.82, 2.24) is 15.2 Å². The number of anilines is 1. The first-order valence-corrected chi connectivity index (χ1v) is 13.6. The molecule has 1 aromatic rings. The number of esters is 2. The SMILES string of the molecule is CC(=O)OCC1=C(C(=O)O)N2C(=O)C(NC(=O)/C(=N\OC(C)CC(=O)OC(C)(C)C)c3csc(N)n3)[C@H]2SC1. The van der Waals surface area contributed by atoms with Crippen molar-refractivity contribution in [1.29, 1.82) is 0 Å². The number of carboxylic acids is 1. The van der Waals surface area contributed by atoms with E-state index in [2.05, 4.69) is 15.5 Å². The second-order valence-corrected chi connectivity index (χ2v) is 11.6. The van der Waals surface area contributed by atoms with Gasteiger partial charge in [-0.1, -0.05) is 5.16 Å². The van der Waals surface area contributed by atoms with E-state index in [1.54, 1.807) is 27.7 Å². The molecule has 0 spiro atoms. The second kappa shape index (κ2) is 12.0. The van der Waals surface area contributed by atoms with Gasteiger partial charge in [0.1, 0.15) is 41.1 Å². The van der Waals surface area contributed by atoms with Crippen LogP contribution in [-0.2, 0) is 38.3 Å². The molecule has 3 rings (SSSR count). The lowest BCUT2D eigenvalue weighted by Crippen LogP contribution is -2.71. The molecule has 0 bridgehead atoms. The summed E-state index contributed by atoms with van der Waals surface area (Å²) >= 11 is 2.27. The summed E-state index contributed by atoms with van der Waals surface area (Å²) in [5.41, 5.74) is 4.82. The van der Waals surface area contributed by atoms with Crippen LogP contribution < -0.4 is 11.1 Å². The first kappa shape index (κ1) is 29.9. The summed E-state index contributed by atoms with van der Waals surface area (Å²) < 4.78 is 10.2. The molecule has 3 heterocycles. The molecule has 0 radical (unpaired) electrons. The first-order valence-electron chi connectivity index (χ1n) is 11.7. The Labute approximate surface area is 231 Å². The molecular weight excluding hydrogens is 554 g/mol. The van der Waals surface area contributed by atoms with Gasteiger partial charge in [-0.2, -0.15) is 0 Å². The lowest BCUT2D eigenvalue weighted by molar-refractivity contribution is -0.157. The number of hydrogen-bond donors (Lipinski definition) is 3. The molecule has 16 heteroatoms. The number of nitrogens with two attached hydrogens (primary N) is 1. The number of carbonyl (C=O) groups is 5. The number of thioether (sulfide) groups is 1. The van der Waals surface area contributed by atoms with Gasteiger partial charge in [0.2, 0.25) is 0 Å². The Hall–Kier alpha value is -3.66. The standard InChI is InChI=1S/C23H29N5O9S2/c1-10(6-14(30)36-23(3,4)5)37-27-15(13-9-39-22(24)25-13)18(31)26-16-19(32)28-17(21(33)34)12(7-35-11(2)29)8-38-20(16)28/h9-10,16,20H,6-8H2,1-5H3,(H2,24,25)(H,26,31)(H,33,34)/b27-15-/t10?,16?,20-/m1/s1. The molecule has 2 amide bonds. The van der Waals surface area contributed by atoms with Crippen molar-refractivity contribution in [2.24, 2.45) is 5.16 Å². The molecule has 0 aromatic carbocycles. The van der Waals surface area contributed by atoms with E-state index in [-0.39, 0.29) is 46.6 Å². The maximum Gasteiger partial charge on any atom is 0.352 e. The number of aliphatic carboxylic acids is 1. The van der Waals surface area contributed by atoms with Crippen LogP contribution in [-0.4, -0.2) is 85.9 Å². The summed E-state index contributed by atoms with van der Waals surface area (Å²) in [6.45, 7) is 7.68. The molecule has 4 N–H and O–H groups in total. The number of nitrogens with zero attached hydrogens (tertiary/aromatic N) is 3. The summed E-state index contributed by atoms with van der Waals surface area (Å²) in [5.74, 6) is -3.75. The lowest BCUT2D eigenvalue weighted by atomic mass is 10.0. The number of β-lactam (4-membered cyclic amide) rings is 1. The number of thiazole rings is 1. The maximum absolute atomic E-state index is 13.2. The van der Waals surface area contributed by atoms with Gasteiger partial charge in [0, 0.05) is 23.6 Å². The fourth-order valence-corrected chi connectivity index (χ4v) is 5.47. The van der Waals surface area contributed by atoms with Crippen LogP contribution in [0.2, 0.25) is 0 Å². The van der Waals surface area contributed by atoms with Crippen molar-refractivity contribution < 1.29 is 43.4 Å². The van der Waals surface area contributed by atoms with Crippen molar-refractivity contribution in [3.05, 3.63) is 22.3 Å². The minimum Gasteiger partial charge on any atom is -0.477 e. The lowest BCUT2D eigenvalue weighted by Gasteiger charge is -2.49. The summed E-state index contributed by atoms with van der Waals surface area (Å²) in [4.78, 5) is 71.8. The van der Waals surface area contributed by atoms with E-state index < -0.39 is 52.8 Å². The number of carboxylic acid groups (broad SMARTS) is 1. The smallest absolute Gasteiger partial charge is 0.352 e. The largest absolute Gasteiger partial charge is 0.477 e. The quantitative estimate of drug-likeness (QED) is 0.152. The van der Waals surface area contributed by atoms with Crippen LogP contribution in [0.25, 0.3) is 0 Å². The van der Waals surface area contributed by atoms with Crippen molar-refractivity contribution in [2.45, 2.75) is 64.2 Å². The van der Waals surface area contributed by atoms with E-state index in [1.165, 1.54) is 24.1 Å². The number of rotatable bonds is 10. The van der Waals surface area contributed by atoms with Crippen LogP contribution >= 0.6 is 23.1 Å². The number of ether oxygens (including phenoxy) is 2. The van der Waals surface area contributed by atoms with Crippen molar-refractivity contribution in [2.75, 3.05) is 18.1 Å². The molecular formula is C23H29N5O9S2. The van der Waals surface area contributed by atoms with Crippen LogP contribution in [0, 0.1) is 0 Å². The number of hydrogen-bond acceptors (Lipinski definition) is 13. The zero-order valence-electron chi connectivity index (χ0n) is 21.9. The molecule has 2 aliphatic rings. The molecule has 1 aromatic heterocycles. The zero-order chi connectivity index (χ0) is 29.1. The Kier molecular flexibility index (Phi) is 9.22. The van der Waals surface area contributed by atoms with Crippen molar-refractivity contribution >= 4 is 63.7 Å². The van der Waals surface area contributed by atoms with Gasteiger partial charge in [-0.25, -0.2) is 9.78 Å². The van der Waals surface area contributed by atoms with Gasteiger partial charge in [0.15, 0.2) is 10.8 Å². The predicted molar refractivity (Wildman–Crippen MR) is 140 cm³/mol. The van der Waals surface area contributed by atoms with Gasteiger partial charge >= 0.3 is 17.9 Å². The van der Waals surface area contributed by atoms with Crippen LogP contribution in [0.15, 0.2) is 21.8 Å². The molecule has 39 heavy (non-hydrogen) atoms. The number of amides is 2. The van der Waals surface area contributed by atoms with Crippen molar-refractivity contribution in [3.8, 4) is 0 Å². The summed E-state index contributed by atoms with van der Waals surface area (Å²) in [6.07, 6.45) is -0.892. The normalized spacial score (nSPS) is 20.0. The topological polar surface area (TPSA) is 200 Å². The van der Waals surface area contributed by atoms with Gasteiger partial charge in [0.05, 0.1) is 6.42 Å². The monoisotopic (exact) mass is 583 g/mol. The third-order valence-electron chi connectivity index (χ3n) is 5.16. The van der Waals surface area contributed by atoms with Crippen LogP contribution in [0.3, 0.4) is 0 Å². The Balaban J connectivity index is 1.74. The van der Waals surface area contributed by atoms with Crippen LogP contribution in [0.4, 0.5) is 5.13 Å². The van der Waals surface area contributed by atoms with Gasteiger partial charge in [-0.3, -0.25) is 24.1 Å². The Bertz CT molecular complexity index is 1240. The third kappa shape index (κ3) is 7.47. The third-order valence-corrected chi connectivity index (χ3v) is 7.18. The highest BCUT2D eigenvalue weighted by Crippen LogP contribution is 2.40. The van der Waals surface area contributed by atoms with Crippen molar-refractivity contribution in [3.63, 3.8) is 0 Å². The van der Waals surface area contributed by atoms with Crippen LogP contribution in [0.1, 0.15) is 46.7 Å². The Morgan fingerprint density at radius 2 is 2.03 bits per heavy atom. The second-order valence-electron chi connectivity index (χ2n) is 9.62. The molecule has 3 atom stereocenters. The number of fused-ring (bicyclic) bond motifs is 1. The first-order chi connectivity index (χ1) is 18.2. The number of aromatic nitrogens is 1. The minimum atomic E-state index is -1.35. The van der Waals surface area contributed by atoms with E-state index >= 15 is 0 Å². The van der Waals surface area contributed by atoms with Gasteiger partial charge in [0.25, 0.3) is 11.8 Å². The number of carbonyl (C=O) groups excluding carboxylic acids is 4. The average molecular weight is 584 g/mol. The predicted octanol–water partition coefficient (Wildman–Crippen LogP) is 0.868. The molecule has 1 saturated heterocycles. The highest BCUT2D eigenvalue weighted by Gasteiger charge is 2.54. The van der Waals surface area contributed by atoms with E-state index in [4.69, 9.17) is 20.0 Å². The highest BCUT2D eigenvalue weighted by atomic mass is 32.2. The molecule has 0 aliphatic carbocycles. The molecule has 2 unspecified atom stereocenters. The molecule has 2 aliphatic heterocycles. The van der Waals surface area contributed by atoms with E-state index in [1.807, 2.05) is 0 Å². The average Bonchev–Trinajstić information content (AvgIpc) is 3.24. The summed E-state index contributed by atoms with van der Waals surface area (Å²) in [7, 11) is 0. The van der Waals surface area contributed by atoms with Crippen LogP contribution in [0.5, 0.6) is 0 Å². The number of nitrogen functional groups attached to an aromatic ring is 1. The fourth-order valence-electron chi connectivity index (χ4n) is 3.59. The molecule has 0 saturated carbocycles. The highest BCUT2D eigenvalue weighted by molar-refractivity contribution is 8.00. The summed E-state index contributed by atoms with van der Waals surface area (Å²) in [5, 5.41) is 17.1. The van der Waals surface area contributed by atoms with Gasteiger partial charge in [-0.15, -0.1) is 23.1 Å². The van der Waals surface area contributed by atoms with Gasteiger partial charge < -0.3 is 30.5 Å².